The number of hydrogen-bond acceptors (Lipinski definition) is 3. The van der Waals surface area contributed by atoms with E-state index >= 15 is 0 Å². The number of nitrogen functional groups attached to an aromatic ring is 1. The Hall–Kier alpha value is -1.04. The molecule has 0 amide bonds. The van der Waals surface area contributed by atoms with Gasteiger partial charge in [0.1, 0.15) is 6.61 Å². The third-order valence-electron chi connectivity index (χ3n) is 2.58. The van der Waals surface area contributed by atoms with E-state index in [9.17, 15) is 4.79 Å². The molecule has 2 aromatic rings. The molecule has 0 fully saturated rings. The fourth-order valence-corrected chi connectivity index (χ4v) is 2.70. The van der Waals surface area contributed by atoms with Crippen LogP contribution in [0.5, 0.6) is 0 Å². The van der Waals surface area contributed by atoms with Crippen LogP contribution in [0.2, 0.25) is 5.02 Å². The van der Waals surface area contributed by atoms with Crippen LogP contribution >= 0.6 is 43.5 Å². The zero-order valence-corrected chi connectivity index (χ0v) is 14.1. The van der Waals surface area contributed by atoms with Crippen molar-refractivity contribution in [3.05, 3.63) is 61.5 Å². The van der Waals surface area contributed by atoms with Crippen LogP contribution in [-0.4, -0.2) is 5.97 Å². The monoisotopic (exact) mass is 417 g/mol. The molecule has 3 nitrogen and oxygen atoms in total. The summed E-state index contributed by atoms with van der Waals surface area (Å²) in [4.78, 5) is 12.0. The smallest absolute Gasteiger partial charge is 0.339 e. The second-order valence-electron chi connectivity index (χ2n) is 4.05. The molecule has 0 atom stereocenters. The zero-order chi connectivity index (χ0) is 14.7. The number of carbonyl (C=O) groups is 1. The molecule has 0 saturated carbocycles. The SMILES string of the molecule is Nc1ccc(Br)c(C(=O)OCc2ccc(Br)cc2Cl)c1. The van der Waals surface area contributed by atoms with E-state index < -0.39 is 5.97 Å². The van der Waals surface area contributed by atoms with Crippen LogP contribution in [0.3, 0.4) is 0 Å². The number of nitrogens with two attached hydrogens (primary N) is 1. The van der Waals surface area contributed by atoms with E-state index in [0.717, 1.165) is 10.0 Å². The number of esters is 1. The Labute approximate surface area is 138 Å². The Morgan fingerprint density at radius 3 is 2.65 bits per heavy atom. The van der Waals surface area contributed by atoms with Crippen molar-refractivity contribution in [1.29, 1.82) is 0 Å². The Morgan fingerprint density at radius 1 is 1.20 bits per heavy atom. The Balaban J connectivity index is 2.10. The predicted molar refractivity (Wildman–Crippen MR) is 86.8 cm³/mol. The maximum absolute atomic E-state index is 12.0. The van der Waals surface area contributed by atoms with E-state index in [0.29, 0.717) is 20.7 Å². The number of ether oxygens (including phenoxy) is 1. The van der Waals surface area contributed by atoms with E-state index in [-0.39, 0.29) is 6.61 Å². The maximum atomic E-state index is 12.0. The van der Waals surface area contributed by atoms with E-state index in [1.165, 1.54) is 0 Å². The van der Waals surface area contributed by atoms with Crippen molar-refractivity contribution in [3.8, 4) is 0 Å². The van der Waals surface area contributed by atoms with Gasteiger partial charge in [-0.15, -0.1) is 0 Å². The number of hydrogen-bond donors (Lipinski definition) is 1. The van der Waals surface area contributed by atoms with Crippen molar-refractivity contribution < 1.29 is 9.53 Å². The second kappa shape index (κ2) is 6.61. The van der Waals surface area contributed by atoms with Gasteiger partial charge in [-0.3, -0.25) is 0 Å². The van der Waals surface area contributed by atoms with Gasteiger partial charge in [0.2, 0.25) is 0 Å². The van der Waals surface area contributed by atoms with Crippen molar-refractivity contribution in [2.45, 2.75) is 6.61 Å². The van der Waals surface area contributed by atoms with Gasteiger partial charge in [0, 0.05) is 25.2 Å². The van der Waals surface area contributed by atoms with E-state index in [2.05, 4.69) is 31.9 Å². The highest BCUT2D eigenvalue weighted by molar-refractivity contribution is 9.10. The molecule has 2 rings (SSSR count). The van der Waals surface area contributed by atoms with Crippen LogP contribution in [-0.2, 0) is 11.3 Å². The highest BCUT2D eigenvalue weighted by Crippen LogP contribution is 2.24. The Bertz CT molecular complexity index is 662. The second-order valence-corrected chi connectivity index (χ2v) is 6.23. The summed E-state index contributed by atoms with van der Waals surface area (Å²) in [7, 11) is 0. The van der Waals surface area contributed by atoms with Crippen LogP contribution in [0, 0.1) is 0 Å². The summed E-state index contributed by atoms with van der Waals surface area (Å²) in [5, 5.41) is 0.541. The molecule has 6 heteroatoms. The molecular weight excluding hydrogens is 409 g/mol. The molecule has 0 aromatic heterocycles. The third kappa shape index (κ3) is 3.75. The maximum Gasteiger partial charge on any atom is 0.339 e. The van der Waals surface area contributed by atoms with E-state index in [1.807, 2.05) is 6.07 Å². The number of anilines is 1. The van der Waals surface area contributed by atoms with Crippen LogP contribution in [0.15, 0.2) is 45.3 Å². The molecule has 0 aliphatic heterocycles. The molecule has 104 valence electrons. The van der Waals surface area contributed by atoms with Crippen molar-refractivity contribution in [2.24, 2.45) is 0 Å². The fraction of sp³-hybridized carbons (Fsp3) is 0.0714. The molecule has 0 bridgehead atoms. The molecule has 20 heavy (non-hydrogen) atoms. The first-order valence-corrected chi connectivity index (χ1v) is 7.60. The molecule has 0 saturated heterocycles. The highest BCUT2D eigenvalue weighted by Gasteiger charge is 2.13. The molecule has 0 heterocycles. The summed E-state index contributed by atoms with van der Waals surface area (Å²) in [6.07, 6.45) is 0. The quantitative estimate of drug-likeness (QED) is 0.574. The van der Waals surface area contributed by atoms with Gasteiger partial charge in [-0.05, 0) is 46.3 Å². The average Bonchev–Trinajstić information content (AvgIpc) is 2.40. The molecular formula is C14H10Br2ClNO2. The van der Waals surface area contributed by atoms with Gasteiger partial charge in [0.15, 0.2) is 0 Å². The summed E-state index contributed by atoms with van der Waals surface area (Å²) < 4.78 is 6.76. The van der Waals surface area contributed by atoms with Crippen LogP contribution in [0.25, 0.3) is 0 Å². The first kappa shape index (κ1) is 15.4. The molecule has 0 aliphatic rings. The normalized spacial score (nSPS) is 10.3. The van der Waals surface area contributed by atoms with Crippen molar-refractivity contribution >= 4 is 55.1 Å². The van der Waals surface area contributed by atoms with E-state index in [1.54, 1.807) is 30.3 Å². The minimum Gasteiger partial charge on any atom is -0.457 e. The van der Waals surface area contributed by atoms with Crippen LogP contribution in [0.1, 0.15) is 15.9 Å². The highest BCUT2D eigenvalue weighted by atomic mass is 79.9. The van der Waals surface area contributed by atoms with Crippen molar-refractivity contribution in [1.82, 2.24) is 0 Å². The lowest BCUT2D eigenvalue weighted by Crippen LogP contribution is -2.07. The standard InChI is InChI=1S/C14H10Br2ClNO2/c15-9-2-1-8(13(17)5-9)7-20-14(19)11-6-10(18)3-4-12(11)16/h1-6H,7,18H2. The lowest BCUT2D eigenvalue weighted by molar-refractivity contribution is 0.0472. The number of rotatable bonds is 3. The molecule has 2 N–H and O–H groups in total. The number of halogens is 3. The number of benzene rings is 2. The fourth-order valence-electron chi connectivity index (χ4n) is 1.56. The predicted octanol–water partition coefficient (Wildman–Crippen LogP) is 4.80. The molecule has 2 aromatic carbocycles. The van der Waals surface area contributed by atoms with Gasteiger partial charge in [-0.1, -0.05) is 33.6 Å². The lowest BCUT2D eigenvalue weighted by Gasteiger charge is -2.08. The van der Waals surface area contributed by atoms with Gasteiger partial charge in [0.25, 0.3) is 0 Å². The first-order chi connectivity index (χ1) is 9.47. The average molecular weight is 420 g/mol. The Morgan fingerprint density at radius 2 is 1.95 bits per heavy atom. The van der Waals surface area contributed by atoms with Crippen molar-refractivity contribution in [3.63, 3.8) is 0 Å². The Kier molecular flexibility index (Phi) is 5.07. The molecule has 0 radical (unpaired) electrons. The van der Waals surface area contributed by atoms with Crippen molar-refractivity contribution in [2.75, 3.05) is 5.73 Å². The third-order valence-corrected chi connectivity index (χ3v) is 4.12. The molecule has 0 spiro atoms. The first-order valence-electron chi connectivity index (χ1n) is 5.63. The summed E-state index contributed by atoms with van der Waals surface area (Å²) in [5.74, 6) is -0.455. The summed E-state index contributed by atoms with van der Waals surface area (Å²) >= 11 is 12.7. The summed E-state index contributed by atoms with van der Waals surface area (Å²) in [5.41, 5.74) is 7.29. The minimum atomic E-state index is -0.455. The van der Waals surface area contributed by atoms with Gasteiger partial charge >= 0.3 is 5.97 Å². The zero-order valence-electron chi connectivity index (χ0n) is 10.2. The summed E-state index contributed by atoms with van der Waals surface area (Å²) in [6.45, 7) is 0.103. The number of carbonyl (C=O) groups excluding carboxylic acids is 1. The van der Waals surface area contributed by atoms with Crippen LogP contribution in [0.4, 0.5) is 5.69 Å². The summed E-state index contributed by atoms with van der Waals surface area (Å²) in [6, 6.07) is 10.4. The molecule has 0 unspecified atom stereocenters. The van der Waals surface area contributed by atoms with Gasteiger partial charge in [-0.2, -0.15) is 0 Å². The van der Waals surface area contributed by atoms with Gasteiger partial charge in [0.05, 0.1) is 5.56 Å². The minimum absolute atomic E-state index is 0.103. The molecule has 0 aliphatic carbocycles. The van der Waals surface area contributed by atoms with E-state index in [4.69, 9.17) is 22.1 Å². The lowest BCUT2D eigenvalue weighted by atomic mass is 10.2. The topological polar surface area (TPSA) is 52.3 Å². The van der Waals surface area contributed by atoms with Gasteiger partial charge < -0.3 is 10.5 Å². The van der Waals surface area contributed by atoms with Gasteiger partial charge in [-0.25, -0.2) is 4.79 Å². The largest absolute Gasteiger partial charge is 0.457 e. The van der Waals surface area contributed by atoms with Crippen LogP contribution < -0.4 is 5.73 Å².